The zero-order valence-electron chi connectivity index (χ0n) is 9.39. The maximum absolute atomic E-state index is 11.1. The number of benzene rings is 1. The summed E-state index contributed by atoms with van der Waals surface area (Å²) in [5.74, 6) is 3.48. The Morgan fingerprint density at radius 2 is 1.81 bits per heavy atom. The Hall–Kier alpha value is -1.67. The van der Waals surface area contributed by atoms with Crippen LogP contribution in [0.4, 0.5) is 0 Å². The van der Waals surface area contributed by atoms with Gasteiger partial charge in [-0.15, -0.1) is 0 Å². The molecular weight excluding hydrogens is 226 g/mol. The number of hydrogen-bond donors (Lipinski definition) is 0. The zero-order chi connectivity index (χ0) is 12.2. The van der Waals surface area contributed by atoms with Gasteiger partial charge in [-0.05, 0) is 30.2 Å². The molecule has 16 heavy (non-hydrogen) atoms. The Morgan fingerprint density at radius 3 is 2.25 bits per heavy atom. The Labute approximate surface area is 95.9 Å². The maximum atomic E-state index is 11.1. The Kier molecular flexibility index (Phi) is 3.80. The zero-order valence-corrected chi connectivity index (χ0v) is 10.2. The molecule has 0 aliphatic carbocycles. The Balaban J connectivity index is 2.85. The van der Waals surface area contributed by atoms with Crippen molar-refractivity contribution >= 4 is 10.0 Å². The summed E-state index contributed by atoms with van der Waals surface area (Å²) in [6.45, 7) is 0. The lowest BCUT2D eigenvalue weighted by Gasteiger charge is -2.05. The lowest BCUT2D eigenvalue weighted by Crippen LogP contribution is -2.19. The van der Waals surface area contributed by atoms with Gasteiger partial charge in [0.2, 0.25) is 10.0 Å². The van der Waals surface area contributed by atoms with Crippen LogP contribution in [-0.4, -0.2) is 33.1 Å². The van der Waals surface area contributed by atoms with E-state index in [-0.39, 0.29) is 0 Å². The summed E-state index contributed by atoms with van der Waals surface area (Å²) < 4.78 is 28.1. The average Bonchev–Trinajstić information content (AvgIpc) is 2.25. The van der Waals surface area contributed by atoms with E-state index in [9.17, 15) is 8.42 Å². The first-order valence-electron chi connectivity index (χ1n) is 4.53. The Morgan fingerprint density at radius 1 is 1.25 bits per heavy atom. The van der Waals surface area contributed by atoms with Gasteiger partial charge in [-0.1, -0.05) is 0 Å². The summed E-state index contributed by atoms with van der Waals surface area (Å²) in [7, 11) is -0.261. The van der Waals surface area contributed by atoms with Crippen molar-refractivity contribution in [3.8, 4) is 17.7 Å². The first kappa shape index (κ1) is 12.4. The van der Waals surface area contributed by atoms with Crippen molar-refractivity contribution in [2.75, 3.05) is 20.4 Å². The minimum absolute atomic E-state index is 0.733. The van der Waals surface area contributed by atoms with Gasteiger partial charge in [0.25, 0.3) is 0 Å². The summed E-state index contributed by atoms with van der Waals surface area (Å²) in [4.78, 5) is 0. The van der Waals surface area contributed by atoms with Crippen LogP contribution in [0, 0.1) is 12.0 Å². The second kappa shape index (κ2) is 4.90. The van der Waals surface area contributed by atoms with Crippen LogP contribution in [0.3, 0.4) is 0 Å². The van der Waals surface area contributed by atoms with Crippen LogP contribution in [0.1, 0.15) is 5.56 Å². The number of rotatable bonds is 2. The molecule has 0 aliphatic heterocycles. The van der Waals surface area contributed by atoms with Gasteiger partial charge in [-0.3, -0.25) is 0 Å². The highest BCUT2D eigenvalue weighted by Gasteiger charge is 2.04. The van der Waals surface area contributed by atoms with Crippen LogP contribution in [0.2, 0.25) is 0 Å². The molecule has 0 fully saturated rings. The van der Waals surface area contributed by atoms with Gasteiger partial charge in [0.05, 0.1) is 13.4 Å². The fourth-order valence-corrected chi connectivity index (χ4v) is 1.11. The smallest absolute Gasteiger partial charge is 0.238 e. The third kappa shape index (κ3) is 3.48. The van der Waals surface area contributed by atoms with Crippen LogP contribution in [0.25, 0.3) is 0 Å². The molecule has 0 atom stereocenters. The fraction of sp³-hybridized carbons (Fsp3) is 0.273. The molecule has 0 heterocycles. The molecule has 0 saturated carbocycles. The number of ether oxygens (including phenoxy) is 1. The molecule has 0 aliphatic rings. The van der Waals surface area contributed by atoms with E-state index in [0.29, 0.717) is 0 Å². The van der Waals surface area contributed by atoms with E-state index >= 15 is 0 Å². The Bertz CT molecular complexity index is 508. The molecule has 0 bridgehead atoms. The molecule has 1 aromatic carbocycles. The van der Waals surface area contributed by atoms with Crippen molar-refractivity contribution in [1.29, 1.82) is 0 Å². The van der Waals surface area contributed by atoms with Crippen molar-refractivity contribution < 1.29 is 13.2 Å². The van der Waals surface area contributed by atoms with Crippen molar-refractivity contribution in [1.82, 2.24) is 4.31 Å². The van der Waals surface area contributed by atoms with Crippen LogP contribution in [0.15, 0.2) is 24.3 Å². The number of sulfonamides is 1. The molecule has 0 amide bonds. The summed E-state index contributed by atoms with van der Waals surface area (Å²) in [5, 5.41) is 0. The predicted molar refractivity (Wildman–Crippen MR) is 62.5 cm³/mol. The lowest BCUT2D eigenvalue weighted by molar-refractivity contribution is 0.415. The normalized spacial score (nSPS) is 10.2. The monoisotopic (exact) mass is 239 g/mol. The van der Waals surface area contributed by atoms with E-state index in [1.165, 1.54) is 7.05 Å². The van der Waals surface area contributed by atoms with E-state index < -0.39 is 10.0 Å². The number of methoxy groups -OCH3 is 1. The minimum atomic E-state index is -3.25. The quantitative estimate of drug-likeness (QED) is 0.569. The topological polar surface area (TPSA) is 46.6 Å². The van der Waals surface area contributed by atoms with Crippen molar-refractivity contribution in [2.45, 2.75) is 0 Å². The molecular formula is C11H13NO3S. The van der Waals surface area contributed by atoms with Gasteiger partial charge in [-0.25, -0.2) is 12.7 Å². The summed E-state index contributed by atoms with van der Waals surface area (Å²) in [6.07, 6.45) is 1.11. The summed E-state index contributed by atoms with van der Waals surface area (Å²) >= 11 is 0. The highest BCUT2D eigenvalue weighted by atomic mass is 32.2. The van der Waals surface area contributed by atoms with Crippen LogP contribution in [0.5, 0.6) is 5.75 Å². The SMILES string of the molecule is COc1ccc(C#CN(C)S(C)(=O)=O)cc1. The molecule has 1 aromatic rings. The van der Waals surface area contributed by atoms with Crippen molar-refractivity contribution in [3.05, 3.63) is 29.8 Å². The molecule has 0 saturated heterocycles. The van der Waals surface area contributed by atoms with Crippen molar-refractivity contribution in [3.63, 3.8) is 0 Å². The second-order valence-electron chi connectivity index (χ2n) is 3.20. The molecule has 86 valence electrons. The first-order chi connectivity index (χ1) is 7.43. The van der Waals surface area contributed by atoms with E-state index in [1.54, 1.807) is 31.4 Å². The number of nitrogens with zero attached hydrogens (tertiary/aromatic N) is 1. The molecule has 0 radical (unpaired) electrons. The molecule has 0 spiro atoms. The van der Waals surface area contributed by atoms with Gasteiger partial charge in [0.15, 0.2) is 0 Å². The summed E-state index contributed by atoms with van der Waals surface area (Å²) in [5.41, 5.74) is 0.733. The summed E-state index contributed by atoms with van der Waals surface area (Å²) in [6, 6.07) is 9.60. The first-order valence-corrected chi connectivity index (χ1v) is 6.38. The van der Waals surface area contributed by atoms with E-state index in [4.69, 9.17) is 4.74 Å². The molecule has 1 rings (SSSR count). The van der Waals surface area contributed by atoms with E-state index in [2.05, 4.69) is 12.0 Å². The standard InChI is InChI=1S/C11H13NO3S/c1-12(16(3,13)14)9-8-10-4-6-11(15-2)7-5-10/h4-7H,1-3H3. The highest BCUT2D eigenvalue weighted by Crippen LogP contribution is 2.10. The van der Waals surface area contributed by atoms with E-state index in [1.807, 2.05) is 0 Å². The molecule has 4 nitrogen and oxygen atoms in total. The lowest BCUT2D eigenvalue weighted by atomic mass is 10.2. The number of hydrogen-bond acceptors (Lipinski definition) is 3. The molecule has 5 heteroatoms. The van der Waals surface area contributed by atoms with Gasteiger partial charge < -0.3 is 4.74 Å². The highest BCUT2D eigenvalue weighted by molar-refractivity contribution is 7.88. The van der Waals surface area contributed by atoms with Crippen LogP contribution < -0.4 is 4.74 Å². The second-order valence-corrected chi connectivity index (χ2v) is 5.21. The molecule has 0 N–H and O–H groups in total. The molecule has 0 unspecified atom stereocenters. The third-order valence-electron chi connectivity index (χ3n) is 1.95. The van der Waals surface area contributed by atoms with Gasteiger partial charge in [-0.2, -0.15) is 0 Å². The average molecular weight is 239 g/mol. The van der Waals surface area contributed by atoms with Crippen molar-refractivity contribution in [2.24, 2.45) is 0 Å². The van der Waals surface area contributed by atoms with Gasteiger partial charge >= 0.3 is 0 Å². The third-order valence-corrected chi connectivity index (χ3v) is 3.03. The fourth-order valence-electron chi connectivity index (χ4n) is 0.901. The van der Waals surface area contributed by atoms with Gasteiger partial charge in [0, 0.05) is 18.7 Å². The van der Waals surface area contributed by atoms with Gasteiger partial charge in [0.1, 0.15) is 5.75 Å². The molecule has 0 aromatic heterocycles. The van der Waals surface area contributed by atoms with Crippen LogP contribution >= 0.6 is 0 Å². The van der Waals surface area contributed by atoms with Crippen LogP contribution in [-0.2, 0) is 10.0 Å². The predicted octanol–water partition coefficient (Wildman–Crippen LogP) is 0.896. The van der Waals surface area contributed by atoms with E-state index in [0.717, 1.165) is 21.9 Å². The largest absolute Gasteiger partial charge is 0.497 e. The minimum Gasteiger partial charge on any atom is -0.497 e. The maximum Gasteiger partial charge on any atom is 0.238 e.